The van der Waals surface area contributed by atoms with Gasteiger partial charge in [0.2, 0.25) is 5.91 Å². The highest BCUT2D eigenvalue weighted by Crippen LogP contribution is 2.38. The molecule has 2 aliphatic rings. The predicted octanol–water partition coefficient (Wildman–Crippen LogP) is 4.33. The van der Waals surface area contributed by atoms with Gasteiger partial charge in [0.1, 0.15) is 17.2 Å². The molecule has 0 aromatic carbocycles. The third kappa shape index (κ3) is 5.05. The lowest BCUT2D eigenvalue weighted by molar-refractivity contribution is -0.111. The summed E-state index contributed by atoms with van der Waals surface area (Å²) in [6, 6.07) is 6.08. The van der Waals surface area contributed by atoms with E-state index in [-0.39, 0.29) is 18.1 Å². The number of hydrogen-bond acceptors (Lipinski definition) is 6. The van der Waals surface area contributed by atoms with Gasteiger partial charge >= 0.3 is 6.09 Å². The minimum Gasteiger partial charge on any atom is -0.446 e. The van der Waals surface area contributed by atoms with Crippen molar-refractivity contribution in [3.63, 3.8) is 0 Å². The Labute approximate surface area is 177 Å². The van der Waals surface area contributed by atoms with Gasteiger partial charge in [-0.1, -0.05) is 6.07 Å². The van der Waals surface area contributed by atoms with Crippen LogP contribution in [0, 0.1) is 17.2 Å². The van der Waals surface area contributed by atoms with E-state index in [9.17, 15) is 14.9 Å². The summed E-state index contributed by atoms with van der Waals surface area (Å²) in [7, 11) is 0. The molecular weight excluding hydrogens is 406 g/mol. The van der Waals surface area contributed by atoms with Crippen LogP contribution in [0.2, 0.25) is 0 Å². The SMILES string of the molecule is N#Cc1c(NC(=O)C=Cc2cccs2)sc2c1CCC(OC(=O)NCC1CC1)C2. The summed E-state index contributed by atoms with van der Waals surface area (Å²) < 4.78 is 5.55. The molecule has 150 valence electrons. The van der Waals surface area contributed by atoms with Crippen LogP contribution in [-0.4, -0.2) is 24.6 Å². The van der Waals surface area contributed by atoms with E-state index in [1.165, 1.54) is 30.3 Å². The zero-order chi connectivity index (χ0) is 20.2. The highest BCUT2D eigenvalue weighted by Gasteiger charge is 2.29. The first-order valence-corrected chi connectivity index (χ1v) is 11.3. The Hall–Kier alpha value is -2.63. The molecule has 2 aromatic rings. The van der Waals surface area contributed by atoms with Gasteiger partial charge in [-0.25, -0.2) is 4.79 Å². The molecule has 2 aliphatic carbocycles. The van der Waals surface area contributed by atoms with E-state index in [0.29, 0.717) is 42.3 Å². The highest BCUT2D eigenvalue weighted by molar-refractivity contribution is 7.16. The second kappa shape index (κ2) is 8.80. The molecule has 1 unspecified atom stereocenters. The molecule has 4 rings (SSSR count). The average Bonchev–Trinajstić information content (AvgIpc) is 3.26. The monoisotopic (exact) mass is 427 g/mol. The fourth-order valence-corrected chi connectivity index (χ4v) is 5.19. The van der Waals surface area contributed by atoms with E-state index in [4.69, 9.17) is 4.74 Å². The number of hydrogen-bond donors (Lipinski definition) is 2. The lowest BCUT2D eigenvalue weighted by Gasteiger charge is -2.22. The molecule has 0 aliphatic heterocycles. The molecule has 2 N–H and O–H groups in total. The van der Waals surface area contributed by atoms with Crippen LogP contribution in [0.4, 0.5) is 9.80 Å². The topological polar surface area (TPSA) is 91.2 Å². The van der Waals surface area contributed by atoms with Gasteiger partial charge in [-0.2, -0.15) is 5.26 Å². The standard InChI is InChI=1S/C21H21N3O3S2/c22-11-17-16-7-5-14(27-21(26)23-12-13-3-4-13)10-18(16)29-20(17)24-19(25)8-6-15-2-1-9-28-15/h1-2,6,8-9,13-14H,3-5,7,10,12H2,(H,23,26)(H,24,25). The maximum atomic E-state index is 12.3. The number of nitrogens with one attached hydrogen (secondary N) is 2. The second-order valence-corrected chi connectivity index (χ2v) is 9.34. The van der Waals surface area contributed by atoms with Crippen molar-refractivity contribution in [3.8, 4) is 6.07 Å². The van der Waals surface area contributed by atoms with E-state index < -0.39 is 0 Å². The van der Waals surface area contributed by atoms with Crippen molar-refractivity contribution in [2.45, 2.75) is 38.2 Å². The van der Waals surface area contributed by atoms with Gasteiger partial charge in [0.15, 0.2) is 0 Å². The Morgan fingerprint density at radius 2 is 2.21 bits per heavy atom. The highest BCUT2D eigenvalue weighted by atomic mass is 32.1. The number of carbonyl (C=O) groups excluding carboxylic acids is 2. The van der Waals surface area contributed by atoms with Crippen molar-refractivity contribution >= 4 is 45.8 Å². The smallest absolute Gasteiger partial charge is 0.407 e. The first-order chi connectivity index (χ1) is 14.1. The minimum absolute atomic E-state index is 0.200. The fraction of sp³-hybridized carbons (Fsp3) is 0.381. The van der Waals surface area contributed by atoms with Crippen LogP contribution < -0.4 is 10.6 Å². The number of rotatable bonds is 6. The first-order valence-electron chi connectivity index (χ1n) is 9.64. The van der Waals surface area contributed by atoms with Gasteiger partial charge in [0.25, 0.3) is 0 Å². The zero-order valence-electron chi connectivity index (χ0n) is 15.8. The van der Waals surface area contributed by atoms with E-state index in [1.807, 2.05) is 17.5 Å². The number of fused-ring (bicyclic) bond motifs is 1. The van der Waals surface area contributed by atoms with Gasteiger partial charge < -0.3 is 15.4 Å². The minimum atomic E-state index is -0.366. The zero-order valence-corrected chi connectivity index (χ0v) is 17.4. The Bertz CT molecular complexity index is 968. The number of thiophene rings is 2. The Kier molecular flexibility index (Phi) is 5.97. The molecule has 29 heavy (non-hydrogen) atoms. The molecule has 6 nitrogen and oxygen atoms in total. The molecule has 0 radical (unpaired) electrons. The number of ether oxygens (including phenoxy) is 1. The largest absolute Gasteiger partial charge is 0.446 e. The van der Waals surface area contributed by atoms with Gasteiger partial charge in [-0.3, -0.25) is 4.79 Å². The normalized spacial score (nSPS) is 18.1. The molecule has 2 aromatic heterocycles. The van der Waals surface area contributed by atoms with Crippen molar-refractivity contribution in [1.29, 1.82) is 5.26 Å². The first kappa shape index (κ1) is 19.7. The molecular formula is C21H21N3O3S2. The summed E-state index contributed by atoms with van der Waals surface area (Å²) in [5.74, 6) is 0.344. The summed E-state index contributed by atoms with van der Waals surface area (Å²) in [5, 5.41) is 17.8. The molecule has 1 atom stereocenters. The van der Waals surface area contributed by atoms with Crippen LogP contribution in [0.15, 0.2) is 23.6 Å². The molecule has 0 saturated heterocycles. The third-order valence-corrected chi connectivity index (χ3v) is 7.02. The number of amides is 2. The van der Waals surface area contributed by atoms with Gasteiger partial charge in [0, 0.05) is 28.8 Å². The molecule has 0 spiro atoms. The number of alkyl carbamates (subject to hydrolysis) is 1. The van der Waals surface area contributed by atoms with Crippen LogP contribution in [-0.2, 0) is 22.4 Å². The maximum absolute atomic E-state index is 12.3. The van der Waals surface area contributed by atoms with E-state index >= 15 is 0 Å². The van der Waals surface area contributed by atoms with Crippen molar-refractivity contribution in [3.05, 3.63) is 44.5 Å². The quantitative estimate of drug-likeness (QED) is 0.672. The van der Waals surface area contributed by atoms with Gasteiger partial charge in [0.05, 0.1) is 5.56 Å². The molecule has 8 heteroatoms. The summed E-state index contributed by atoms with van der Waals surface area (Å²) in [6.07, 6.45) is 6.94. The molecule has 1 saturated carbocycles. The van der Waals surface area contributed by atoms with Crippen molar-refractivity contribution in [1.82, 2.24) is 5.32 Å². The number of nitrogens with zero attached hydrogens (tertiary/aromatic N) is 1. The van der Waals surface area contributed by atoms with Crippen molar-refractivity contribution in [2.75, 3.05) is 11.9 Å². The molecule has 2 amide bonds. The van der Waals surface area contributed by atoms with E-state index in [1.54, 1.807) is 17.4 Å². The average molecular weight is 428 g/mol. The molecule has 0 bridgehead atoms. The number of nitriles is 1. The van der Waals surface area contributed by atoms with Gasteiger partial charge in [-0.15, -0.1) is 22.7 Å². The summed E-state index contributed by atoms with van der Waals surface area (Å²) in [6.45, 7) is 0.684. The van der Waals surface area contributed by atoms with Crippen molar-refractivity contribution < 1.29 is 14.3 Å². The van der Waals surface area contributed by atoms with E-state index in [2.05, 4.69) is 16.7 Å². The van der Waals surface area contributed by atoms with Crippen LogP contribution >= 0.6 is 22.7 Å². The van der Waals surface area contributed by atoms with Crippen LogP contribution in [0.3, 0.4) is 0 Å². The Morgan fingerprint density at radius 1 is 1.34 bits per heavy atom. The summed E-state index contributed by atoms with van der Waals surface area (Å²) >= 11 is 2.95. The Balaban J connectivity index is 1.38. The van der Waals surface area contributed by atoms with Crippen molar-refractivity contribution in [2.24, 2.45) is 5.92 Å². The van der Waals surface area contributed by atoms with Gasteiger partial charge in [-0.05, 0) is 54.7 Å². The lowest BCUT2D eigenvalue weighted by Crippen LogP contribution is -2.32. The molecule has 2 heterocycles. The second-order valence-electron chi connectivity index (χ2n) is 7.25. The number of anilines is 1. The van der Waals surface area contributed by atoms with Crippen LogP contribution in [0.1, 0.15) is 40.1 Å². The van der Waals surface area contributed by atoms with E-state index in [0.717, 1.165) is 15.3 Å². The summed E-state index contributed by atoms with van der Waals surface area (Å²) in [4.78, 5) is 26.2. The predicted molar refractivity (Wildman–Crippen MR) is 114 cm³/mol. The molecule has 1 fully saturated rings. The van der Waals surface area contributed by atoms with Crippen LogP contribution in [0.25, 0.3) is 6.08 Å². The van der Waals surface area contributed by atoms with Crippen LogP contribution in [0.5, 0.6) is 0 Å². The lowest BCUT2D eigenvalue weighted by atomic mass is 9.94. The fourth-order valence-electron chi connectivity index (χ4n) is 3.30. The Morgan fingerprint density at radius 3 is 2.93 bits per heavy atom. The number of carbonyl (C=O) groups is 2. The maximum Gasteiger partial charge on any atom is 0.407 e. The summed E-state index contributed by atoms with van der Waals surface area (Å²) in [5.41, 5.74) is 1.49. The third-order valence-electron chi connectivity index (χ3n) is 5.02.